The minimum atomic E-state index is -0.316. The number of carbonyl (C=O) groups is 2. The number of anilines is 1. The van der Waals surface area contributed by atoms with Gasteiger partial charge in [0, 0.05) is 44.6 Å². The van der Waals surface area contributed by atoms with Crippen molar-refractivity contribution >= 4 is 50.7 Å². The first-order chi connectivity index (χ1) is 16.0. The fourth-order valence-corrected chi connectivity index (χ4v) is 5.61. The lowest BCUT2D eigenvalue weighted by Crippen LogP contribution is -2.44. The summed E-state index contributed by atoms with van der Waals surface area (Å²) >= 11 is 7.70. The Bertz CT molecular complexity index is 1170. The molecule has 172 valence electrons. The number of thiazole rings is 1. The summed E-state index contributed by atoms with van der Waals surface area (Å²) in [7, 11) is 1.60. The number of hydrogen-bond donors (Lipinski definition) is 0. The number of methoxy groups -OCH3 is 1. The van der Waals surface area contributed by atoms with Crippen molar-refractivity contribution in [2.24, 2.45) is 5.92 Å². The van der Waals surface area contributed by atoms with Gasteiger partial charge in [0.05, 0.1) is 22.8 Å². The van der Waals surface area contributed by atoms with Crippen molar-refractivity contribution in [3.63, 3.8) is 0 Å². The summed E-state index contributed by atoms with van der Waals surface area (Å²) < 4.78 is 12.3. The number of aromatic nitrogens is 1. The van der Waals surface area contributed by atoms with Crippen LogP contribution >= 0.6 is 22.9 Å². The first-order valence-electron chi connectivity index (χ1n) is 11.0. The average Bonchev–Trinajstić information content (AvgIpc) is 3.43. The zero-order chi connectivity index (χ0) is 22.9. The zero-order valence-corrected chi connectivity index (χ0v) is 19.8. The van der Waals surface area contributed by atoms with Crippen LogP contribution in [0.15, 0.2) is 42.5 Å². The van der Waals surface area contributed by atoms with E-state index in [9.17, 15) is 9.59 Å². The largest absolute Gasteiger partial charge is 0.497 e. The normalized spacial score (nSPS) is 19.3. The second-order valence-electron chi connectivity index (χ2n) is 8.31. The Hall–Kier alpha value is -2.84. The summed E-state index contributed by atoms with van der Waals surface area (Å²) in [5.41, 5.74) is 1.55. The molecule has 2 amide bonds. The lowest BCUT2D eigenvalue weighted by atomic mass is 10.0. The molecule has 3 aromatic rings. The van der Waals surface area contributed by atoms with Crippen molar-refractivity contribution in [3.8, 4) is 10.9 Å². The van der Waals surface area contributed by atoms with E-state index in [1.165, 1.54) is 11.3 Å². The molecule has 0 saturated carbocycles. The average molecular weight is 486 g/mol. The predicted octanol–water partition coefficient (Wildman–Crippen LogP) is 4.38. The van der Waals surface area contributed by atoms with Crippen LogP contribution in [0.4, 0.5) is 5.69 Å². The van der Waals surface area contributed by atoms with E-state index in [0.717, 1.165) is 34.5 Å². The van der Waals surface area contributed by atoms with E-state index in [1.54, 1.807) is 12.0 Å². The number of likely N-dealkylation sites (tertiary alicyclic amines) is 1. The highest BCUT2D eigenvalue weighted by molar-refractivity contribution is 7.20. The molecular weight excluding hydrogens is 462 g/mol. The molecule has 2 aliphatic heterocycles. The van der Waals surface area contributed by atoms with Gasteiger partial charge in [-0.1, -0.05) is 29.0 Å². The van der Waals surface area contributed by atoms with Gasteiger partial charge in [-0.2, -0.15) is 0 Å². The van der Waals surface area contributed by atoms with E-state index in [0.29, 0.717) is 29.9 Å². The van der Waals surface area contributed by atoms with Gasteiger partial charge in [-0.05, 0) is 36.4 Å². The van der Waals surface area contributed by atoms with Crippen LogP contribution < -0.4 is 14.4 Å². The number of para-hydroxylation sites is 1. The molecule has 0 N–H and O–H groups in total. The van der Waals surface area contributed by atoms with Crippen molar-refractivity contribution in [2.75, 3.05) is 31.6 Å². The molecule has 9 heteroatoms. The molecule has 1 aromatic heterocycles. The van der Waals surface area contributed by atoms with E-state index in [1.807, 2.05) is 47.4 Å². The van der Waals surface area contributed by atoms with E-state index >= 15 is 0 Å². The van der Waals surface area contributed by atoms with Gasteiger partial charge in [0.15, 0.2) is 0 Å². The molecule has 2 aliphatic rings. The highest BCUT2D eigenvalue weighted by atomic mass is 35.5. The minimum absolute atomic E-state index is 0.00870. The number of amides is 2. The third-order valence-corrected chi connectivity index (χ3v) is 7.45. The lowest BCUT2D eigenvalue weighted by molar-refractivity contribution is -0.137. The van der Waals surface area contributed by atoms with Gasteiger partial charge < -0.3 is 19.3 Å². The molecule has 0 radical (unpaired) electrons. The fourth-order valence-electron chi connectivity index (χ4n) is 4.42. The Kier molecular flexibility index (Phi) is 6.12. The lowest BCUT2D eigenvalue weighted by Gasteiger charge is -2.33. The number of rotatable bonds is 5. The minimum Gasteiger partial charge on any atom is -0.497 e. The van der Waals surface area contributed by atoms with Crippen molar-refractivity contribution < 1.29 is 19.1 Å². The standard InChI is InChI=1S/C24H24ClN3O4S/c1-31-17-7-5-16(6-8-17)28-14-15(13-21(28)29)23(30)27-11-9-18(10-12-27)32-24-26-22-19(25)3-2-4-20(22)33-24/h2-8,15,18H,9-14H2,1H3. The van der Waals surface area contributed by atoms with Crippen LogP contribution in [0.25, 0.3) is 10.2 Å². The maximum Gasteiger partial charge on any atom is 0.274 e. The zero-order valence-electron chi connectivity index (χ0n) is 18.2. The first-order valence-corrected chi connectivity index (χ1v) is 12.2. The molecule has 1 unspecified atom stereocenters. The number of carbonyl (C=O) groups excluding carboxylic acids is 2. The van der Waals surface area contributed by atoms with Crippen molar-refractivity contribution in [1.29, 1.82) is 0 Å². The topological polar surface area (TPSA) is 72.0 Å². The summed E-state index contributed by atoms with van der Waals surface area (Å²) in [4.78, 5) is 33.7. The van der Waals surface area contributed by atoms with Crippen molar-refractivity contribution in [1.82, 2.24) is 9.88 Å². The van der Waals surface area contributed by atoms with Crippen molar-refractivity contribution in [2.45, 2.75) is 25.4 Å². The third kappa shape index (κ3) is 4.50. The number of ether oxygens (including phenoxy) is 2. The van der Waals surface area contributed by atoms with Gasteiger partial charge in [0.1, 0.15) is 17.4 Å². The summed E-state index contributed by atoms with van der Waals surface area (Å²) in [6, 6.07) is 13.0. The quantitative estimate of drug-likeness (QED) is 0.536. The molecule has 5 rings (SSSR count). The van der Waals surface area contributed by atoms with Gasteiger partial charge >= 0.3 is 0 Å². The van der Waals surface area contributed by atoms with Crippen LogP contribution in [-0.2, 0) is 9.59 Å². The molecule has 0 bridgehead atoms. The van der Waals surface area contributed by atoms with Crippen molar-refractivity contribution in [3.05, 3.63) is 47.5 Å². The van der Waals surface area contributed by atoms with Crippen LogP contribution in [0.5, 0.6) is 10.9 Å². The highest BCUT2D eigenvalue weighted by Crippen LogP contribution is 2.34. The molecule has 7 nitrogen and oxygen atoms in total. The maximum absolute atomic E-state index is 13.1. The molecule has 3 heterocycles. The summed E-state index contributed by atoms with van der Waals surface area (Å²) in [6.07, 6.45) is 1.72. The van der Waals surface area contributed by atoms with Crippen LogP contribution in [-0.4, -0.2) is 54.5 Å². The van der Waals surface area contributed by atoms with Gasteiger partial charge in [0.2, 0.25) is 11.8 Å². The third-order valence-electron chi connectivity index (χ3n) is 6.23. The van der Waals surface area contributed by atoms with Crippen LogP contribution in [0, 0.1) is 5.92 Å². The second-order valence-corrected chi connectivity index (χ2v) is 9.71. The van der Waals surface area contributed by atoms with E-state index < -0.39 is 0 Å². The number of fused-ring (bicyclic) bond motifs is 1. The van der Waals surface area contributed by atoms with Crippen LogP contribution in [0.3, 0.4) is 0 Å². The molecular formula is C24H24ClN3O4S. The van der Waals surface area contributed by atoms with Crippen LogP contribution in [0.1, 0.15) is 19.3 Å². The summed E-state index contributed by atoms with van der Waals surface area (Å²) in [6.45, 7) is 1.64. The number of benzene rings is 2. The van der Waals surface area contributed by atoms with Gasteiger partial charge in [-0.15, -0.1) is 0 Å². The molecule has 0 aliphatic carbocycles. The molecule has 2 aromatic carbocycles. The Morgan fingerprint density at radius 2 is 1.91 bits per heavy atom. The summed E-state index contributed by atoms with van der Waals surface area (Å²) in [5.74, 6) is 0.441. The Morgan fingerprint density at radius 1 is 1.15 bits per heavy atom. The van der Waals surface area contributed by atoms with Gasteiger partial charge in [0.25, 0.3) is 5.19 Å². The predicted molar refractivity (Wildman–Crippen MR) is 128 cm³/mol. The van der Waals surface area contributed by atoms with E-state index in [2.05, 4.69) is 4.98 Å². The van der Waals surface area contributed by atoms with Gasteiger partial charge in [-0.3, -0.25) is 9.59 Å². The second kappa shape index (κ2) is 9.19. The number of hydrogen-bond acceptors (Lipinski definition) is 6. The molecule has 2 fully saturated rings. The maximum atomic E-state index is 13.1. The molecule has 33 heavy (non-hydrogen) atoms. The summed E-state index contributed by atoms with van der Waals surface area (Å²) in [5, 5.41) is 1.23. The Balaban J connectivity index is 1.16. The number of piperidine rings is 1. The molecule has 2 saturated heterocycles. The monoisotopic (exact) mass is 485 g/mol. The first kappa shape index (κ1) is 22.0. The van der Waals surface area contributed by atoms with Crippen LogP contribution in [0.2, 0.25) is 5.02 Å². The fraction of sp³-hybridized carbons (Fsp3) is 0.375. The molecule has 1 atom stereocenters. The smallest absolute Gasteiger partial charge is 0.274 e. The SMILES string of the molecule is COc1ccc(N2CC(C(=O)N3CCC(Oc4nc5c(Cl)cccc5s4)CC3)CC2=O)cc1. The Morgan fingerprint density at radius 3 is 2.61 bits per heavy atom. The van der Waals surface area contributed by atoms with E-state index in [4.69, 9.17) is 21.1 Å². The van der Waals surface area contributed by atoms with E-state index in [-0.39, 0.29) is 30.3 Å². The van der Waals surface area contributed by atoms with Gasteiger partial charge in [-0.25, -0.2) is 4.98 Å². The Labute approximate surface area is 200 Å². The molecule has 0 spiro atoms. The highest BCUT2D eigenvalue weighted by Gasteiger charge is 2.38. The number of halogens is 1. The number of nitrogens with zero attached hydrogens (tertiary/aromatic N) is 3.